The molecule has 2 unspecified atom stereocenters. The first-order chi connectivity index (χ1) is 15.4. The van der Waals surface area contributed by atoms with Crippen LogP contribution in [0.1, 0.15) is 104 Å². The number of hydrogen-bond donors (Lipinski definition) is 2. The molecule has 2 atom stereocenters. The van der Waals surface area contributed by atoms with E-state index in [0.717, 1.165) is 57.7 Å². The van der Waals surface area contributed by atoms with E-state index in [2.05, 4.69) is 13.8 Å². The molecule has 0 aliphatic heterocycles. The SMILES string of the molecule is CCCCCCCCC1(O)C2=C(C(=S)C=C2)C2=C(C=CC2=S)C1(O)CCCCCCCC. The van der Waals surface area contributed by atoms with Crippen molar-refractivity contribution in [1.82, 2.24) is 0 Å². The Hall–Kier alpha value is -0.940. The number of allylic oxidation sites excluding steroid dienone is 4. The fourth-order valence-corrected chi connectivity index (χ4v) is 6.13. The Labute approximate surface area is 205 Å². The third kappa shape index (κ3) is 4.94. The zero-order valence-corrected chi connectivity index (χ0v) is 21.6. The molecule has 0 bridgehead atoms. The van der Waals surface area contributed by atoms with Crippen molar-refractivity contribution in [3.05, 3.63) is 46.6 Å². The Morgan fingerprint density at radius 1 is 0.562 bits per heavy atom. The van der Waals surface area contributed by atoms with Crippen LogP contribution in [0, 0.1) is 0 Å². The monoisotopic (exact) mass is 472 g/mol. The van der Waals surface area contributed by atoms with Crippen molar-refractivity contribution >= 4 is 34.2 Å². The number of aliphatic hydroxyl groups is 2. The van der Waals surface area contributed by atoms with Crippen LogP contribution in [0.5, 0.6) is 0 Å². The van der Waals surface area contributed by atoms with Gasteiger partial charge in [0.2, 0.25) is 0 Å². The van der Waals surface area contributed by atoms with Gasteiger partial charge in [0.25, 0.3) is 0 Å². The highest BCUT2D eigenvalue weighted by Gasteiger charge is 2.58. The predicted octanol–water partition coefficient (Wildman–Crippen LogP) is 7.44. The first kappa shape index (κ1) is 25.7. The lowest BCUT2D eigenvalue weighted by Gasteiger charge is -2.49. The molecule has 2 nitrogen and oxygen atoms in total. The molecule has 0 saturated carbocycles. The largest absolute Gasteiger partial charge is 0.382 e. The summed E-state index contributed by atoms with van der Waals surface area (Å²) in [5, 5.41) is 24.4. The van der Waals surface area contributed by atoms with E-state index in [0.29, 0.717) is 12.8 Å². The smallest absolute Gasteiger partial charge is 0.123 e. The van der Waals surface area contributed by atoms with Crippen LogP contribution in [0.2, 0.25) is 0 Å². The molecule has 0 amide bonds. The highest BCUT2D eigenvalue weighted by atomic mass is 32.1. The first-order valence-corrected chi connectivity index (χ1v) is 13.6. The van der Waals surface area contributed by atoms with Crippen molar-refractivity contribution < 1.29 is 10.2 Å². The van der Waals surface area contributed by atoms with Crippen LogP contribution in [0.15, 0.2) is 46.6 Å². The maximum atomic E-state index is 12.2. The molecule has 0 saturated heterocycles. The summed E-state index contributed by atoms with van der Waals surface area (Å²) >= 11 is 11.3. The minimum Gasteiger partial charge on any atom is -0.382 e. The minimum absolute atomic E-state index is 0.550. The van der Waals surface area contributed by atoms with Crippen LogP contribution in [0.3, 0.4) is 0 Å². The Kier molecular flexibility index (Phi) is 9.20. The van der Waals surface area contributed by atoms with E-state index in [9.17, 15) is 10.2 Å². The summed E-state index contributed by atoms with van der Waals surface area (Å²) in [6.45, 7) is 4.45. The van der Waals surface area contributed by atoms with Gasteiger partial charge in [0.05, 0.1) is 0 Å². The highest BCUT2D eigenvalue weighted by Crippen LogP contribution is 2.54. The summed E-state index contributed by atoms with van der Waals surface area (Å²) in [5.41, 5.74) is 0.689. The minimum atomic E-state index is -1.32. The van der Waals surface area contributed by atoms with Gasteiger partial charge in [-0.15, -0.1) is 0 Å². The molecule has 0 fully saturated rings. The lowest BCUT2D eigenvalue weighted by atomic mass is 9.62. The molecule has 0 spiro atoms. The van der Waals surface area contributed by atoms with E-state index < -0.39 is 11.2 Å². The molecule has 3 rings (SSSR count). The van der Waals surface area contributed by atoms with Crippen LogP contribution < -0.4 is 0 Å². The quantitative estimate of drug-likeness (QED) is 0.204. The highest BCUT2D eigenvalue weighted by molar-refractivity contribution is 7.82. The topological polar surface area (TPSA) is 40.5 Å². The molecule has 3 aliphatic carbocycles. The fraction of sp³-hybridized carbons (Fsp3) is 0.643. The zero-order valence-electron chi connectivity index (χ0n) is 19.9. The van der Waals surface area contributed by atoms with Gasteiger partial charge in [-0.05, 0) is 36.1 Å². The molecule has 4 heteroatoms. The summed E-state index contributed by atoms with van der Waals surface area (Å²) in [7, 11) is 0. The average molecular weight is 473 g/mol. The molecule has 176 valence electrons. The van der Waals surface area contributed by atoms with Crippen LogP contribution in [-0.2, 0) is 0 Å². The fourth-order valence-electron chi connectivity index (χ4n) is 5.57. The summed E-state index contributed by atoms with van der Waals surface area (Å²) in [6.07, 6.45) is 22.5. The Bertz CT molecular complexity index is 777. The van der Waals surface area contributed by atoms with Gasteiger partial charge >= 0.3 is 0 Å². The van der Waals surface area contributed by atoms with Gasteiger partial charge in [-0.1, -0.05) is 127 Å². The molecule has 0 radical (unpaired) electrons. The summed E-state index contributed by atoms with van der Waals surface area (Å²) < 4.78 is 0. The molecule has 0 aromatic heterocycles. The van der Waals surface area contributed by atoms with Crippen molar-refractivity contribution in [2.75, 3.05) is 0 Å². The van der Waals surface area contributed by atoms with Gasteiger partial charge in [0.15, 0.2) is 0 Å². The van der Waals surface area contributed by atoms with E-state index in [-0.39, 0.29) is 0 Å². The van der Waals surface area contributed by atoms with Crippen molar-refractivity contribution in [2.45, 2.75) is 115 Å². The van der Waals surface area contributed by atoms with Crippen LogP contribution in [-0.4, -0.2) is 31.1 Å². The zero-order chi connectivity index (χ0) is 23.2. The lowest BCUT2D eigenvalue weighted by Crippen LogP contribution is -2.58. The maximum Gasteiger partial charge on any atom is 0.123 e. The predicted molar refractivity (Wildman–Crippen MR) is 143 cm³/mol. The molecular formula is C28H40O2S2. The molecular weight excluding hydrogens is 432 g/mol. The van der Waals surface area contributed by atoms with Crippen molar-refractivity contribution in [3.63, 3.8) is 0 Å². The van der Waals surface area contributed by atoms with Crippen LogP contribution in [0.4, 0.5) is 0 Å². The second kappa shape index (κ2) is 11.5. The van der Waals surface area contributed by atoms with E-state index in [1.807, 2.05) is 24.3 Å². The van der Waals surface area contributed by atoms with E-state index >= 15 is 0 Å². The number of fused-ring (bicyclic) bond motifs is 1. The first-order valence-electron chi connectivity index (χ1n) is 12.8. The third-order valence-electron chi connectivity index (χ3n) is 7.44. The summed E-state index contributed by atoms with van der Waals surface area (Å²) in [6, 6.07) is 0. The van der Waals surface area contributed by atoms with Gasteiger partial charge in [0.1, 0.15) is 11.2 Å². The lowest BCUT2D eigenvalue weighted by molar-refractivity contribution is -0.115. The van der Waals surface area contributed by atoms with Crippen molar-refractivity contribution in [3.8, 4) is 0 Å². The van der Waals surface area contributed by atoms with E-state index in [4.69, 9.17) is 24.4 Å². The molecule has 32 heavy (non-hydrogen) atoms. The summed E-state index contributed by atoms with van der Waals surface area (Å²) in [5.74, 6) is 0. The van der Waals surface area contributed by atoms with Crippen LogP contribution in [0.25, 0.3) is 0 Å². The van der Waals surface area contributed by atoms with Gasteiger partial charge in [-0.25, -0.2) is 0 Å². The molecule has 0 heterocycles. The van der Waals surface area contributed by atoms with E-state index in [1.165, 1.54) is 51.4 Å². The number of thiocarbonyl (C=S) groups is 2. The molecule has 3 aliphatic rings. The second-order valence-corrected chi connectivity index (χ2v) is 10.6. The average Bonchev–Trinajstić information content (AvgIpc) is 3.35. The number of hydrogen-bond acceptors (Lipinski definition) is 4. The standard InChI is InChI=1S/C28H40O2S2/c1-3-5-7-9-11-13-19-27(29)21-15-17-23(31)25(21)26-22(16-18-24(26)32)28(27,30)20-14-12-10-8-6-4-2/h15-18,29-30H,3-14,19-20H2,1-2H3. The molecule has 2 N–H and O–H groups in total. The third-order valence-corrected chi connectivity index (χ3v) is 8.12. The van der Waals surface area contributed by atoms with E-state index in [1.54, 1.807) is 0 Å². The normalized spacial score (nSPS) is 26.5. The van der Waals surface area contributed by atoms with Gasteiger partial charge in [-0.3, -0.25) is 0 Å². The van der Waals surface area contributed by atoms with Gasteiger partial charge in [0, 0.05) is 20.9 Å². The number of unbranched alkanes of at least 4 members (excludes halogenated alkanes) is 10. The van der Waals surface area contributed by atoms with Gasteiger partial charge < -0.3 is 10.2 Å². The summed E-state index contributed by atoms with van der Waals surface area (Å²) in [4.78, 5) is 1.45. The van der Waals surface area contributed by atoms with Crippen molar-refractivity contribution in [1.29, 1.82) is 0 Å². The maximum absolute atomic E-state index is 12.2. The Morgan fingerprint density at radius 2 is 0.906 bits per heavy atom. The van der Waals surface area contributed by atoms with Crippen LogP contribution >= 0.6 is 24.4 Å². The Morgan fingerprint density at radius 3 is 1.28 bits per heavy atom. The number of rotatable bonds is 14. The second-order valence-electron chi connectivity index (χ2n) is 9.73. The Balaban J connectivity index is 1.84. The molecule has 0 aromatic carbocycles. The molecule has 0 aromatic rings. The van der Waals surface area contributed by atoms with Gasteiger partial charge in [-0.2, -0.15) is 0 Å². The van der Waals surface area contributed by atoms with Crippen molar-refractivity contribution in [2.24, 2.45) is 0 Å².